The third-order valence-electron chi connectivity index (χ3n) is 7.09. The summed E-state index contributed by atoms with van der Waals surface area (Å²) in [5.41, 5.74) is 8.52. The molecule has 0 bridgehead atoms. The fraction of sp³-hybridized carbons (Fsp3) is 0.571. The molecule has 2 aliphatic carbocycles. The van der Waals surface area contributed by atoms with Gasteiger partial charge in [-0.1, -0.05) is 12.5 Å². The average Bonchev–Trinajstić information content (AvgIpc) is 2.99. The van der Waals surface area contributed by atoms with Gasteiger partial charge in [0.15, 0.2) is 0 Å². The molecule has 4 rings (SSSR count). The number of ether oxygens (including phenoxy) is 1. The van der Waals surface area contributed by atoms with Gasteiger partial charge in [0.25, 0.3) is 0 Å². The van der Waals surface area contributed by atoms with Crippen LogP contribution in [-0.2, 0) is 6.42 Å². The number of aliphatic imine (C=N–C) groups is 1. The fourth-order valence-electron chi connectivity index (χ4n) is 5.16. The molecule has 1 heterocycles. The van der Waals surface area contributed by atoms with Gasteiger partial charge in [-0.25, -0.2) is 0 Å². The van der Waals surface area contributed by atoms with Crippen molar-refractivity contribution in [2.24, 2.45) is 10.9 Å². The van der Waals surface area contributed by atoms with Crippen LogP contribution in [0.1, 0.15) is 88.7 Å². The molecule has 3 heteroatoms. The summed E-state index contributed by atoms with van der Waals surface area (Å²) in [6.45, 7) is 2.04. The zero-order valence-electron chi connectivity index (χ0n) is 19.0. The highest BCUT2D eigenvalue weighted by Crippen LogP contribution is 2.30. The SMILES string of the molecule is CC=C=C1CCC(Oc2ccc3c(c2)CC=C(CCCC2CCC(O)CC2)N=C3)CC1. The van der Waals surface area contributed by atoms with E-state index in [4.69, 9.17) is 9.73 Å². The number of rotatable bonds is 6. The molecule has 1 aromatic rings. The molecule has 3 nitrogen and oxygen atoms in total. The molecular formula is C28H37NO2. The zero-order valence-corrected chi connectivity index (χ0v) is 19.0. The van der Waals surface area contributed by atoms with Crippen LogP contribution in [0.5, 0.6) is 5.75 Å². The second kappa shape index (κ2) is 11.0. The highest BCUT2D eigenvalue weighted by Gasteiger charge is 2.20. The molecule has 1 aliphatic heterocycles. The minimum Gasteiger partial charge on any atom is -0.490 e. The predicted molar refractivity (Wildman–Crippen MR) is 128 cm³/mol. The second-order valence-electron chi connectivity index (χ2n) is 9.44. The van der Waals surface area contributed by atoms with E-state index in [0.717, 1.165) is 63.0 Å². The maximum Gasteiger partial charge on any atom is 0.120 e. The summed E-state index contributed by atoms with van der Waals surface area (Å²) in [5, 5.41) is 9.67. The number of aliphatic hydroxyl groups excluding tert-OH is 1. The van der Waals surface area contributed by atoms with Gasteiger partial charge in [-0.05, 0) is 124 Å². The van der Waals surface area contributed by atoms with Crippen LogP contribution in [0.2, 0.25) is 0 Å². The van der Waals surface area contributed by atoms with Gasteiger partial charge in [0.2, 0.25) is 0 Å². The van der Waals surface area contributed by atoms with Crippen molar-refractivity contribution in [3.05, 3.63) is 58.5 Å². The highest BCUT2D eigenvalue weighted by atomic mass is 16.5. The Morgan fingerprint density at radius 2 is 1.94 bits per heavy atom. The lowest BCUT2D eigenvalue weighted by Crippen LogP contribution is -2.20. The molecule has 31 heavy (non-hydrogen) atoms. The molecule has 1 N–H and O–H groups in total. The van der Waals surface area contributed by atoms with Crippen LogP contribution in [0.3, 0.4) is 0 Å². The van der Waals surface area contributed by atoms with Gasteiger partial charge < -0.3 is 9.84 Å². The molecule has 0 spiro atoms. The van der Waals surface area contributed by atoms with E-state index in [1.165, 1.54) is 48.1 Å². The molecule has 0 atom stereocenters. The summed E-state index contributed by atoms with van der Waals surface area (Å²) < 4.78 is 6.32. The summed E-state index contributed by atoms with van der Waals surface area (Å²) in [6, 6.07) is 6.47. The van der Waals surface area contributed by atoms with Gasteiger partial charge in [0.05, 0.1) is 12.2 Å². The predicted octanol–water partition coefficient (Wildman–Crippen LogP) is 6.69. The maximum atomic E-state index is 9.67. The first-order chi connectivity index (χ1) is 15.2. The van der Waals surface area contributed by atoms with Gasteiger partial charge in [-0.15, -0.1) is 5.73 Å². The number of nitrogens with zero attached hydrogens (tertiary/aromatic N) is 1. The topological polar surface area (TPSA) is 41.8 Å². The third-order valence-corrected chi connectivity index (χ3v) is 7.09. The Hall–Kier alpha value is -2.09. The standard InChI is InChI=1S/C28H37NO2/c1-2-4-21-9-16-27(17-10-21)31-28-18-12-24-20-29-25(13-11-23(24)19-28)6-3-5-22-7-14-26(30)15-8-22/h2,12-13,18-20,22,26-27,30H,3,5-11,14-17H2,1H3. The number of aliphatic hydroxyl groups is 1. The largest absolute Gasteiger partial charge is 0.490 e. The van der Waals surface area contributed by atoms with Crippen molar-refractivity contribution in [2.45, 2.75) is 96.2 Å². The van der Waals surface area contributed by atoms with Crippen LogP contribution < -0.4 is 4.74 Å². The first-order valence-corrected chi connectivity index (χ1v) is 12.3. The van der Waals surface area contributed by atoms with Crippen LogP contribution >= 0.6 is 0 Å². The number of allylic oxidation sites excluding steroid dienone is 3. The van der Waals surface area contributed by atoms with E-state index in [2.05, 4.69) is 30.0 Å². The van der Waals surface area contributed by atoms with Crippen molar-refractivity contribution in [2.75, 3.05) is 0 Å². The lowest BCUT2D eigenvalue weighted by molar-refractivity contribution is 0.106. The number of hydrogen-bond acceptors (Lipinski definition) is 3. The molecule has 0 aromatic heterocycles. The van der Waals surface area contributed by atoms with Crippen LogP contribution in [0, 0.1) is 5.92 Å². The third kappa shape index (κ3) is 6.45. The van der Waals surface area contributed by atoms with E-state index in [9.17, 15) is 5.11 Å². The molecule has 0 radical (unpaired) electrons. The lowest BCUT2D eigenvalue weighted by atomic mass is 9.84. The first kappa shape index (κ1) is 22.1. The molecule has 166 valence electrons. The Morgan fingerprint density at radius 1 is 1.13 bits per heavy atom. The van der Waals surface area contributed by atoms with E-state index in [1.807, 2.05) is 19.2 Å². The molecule has 3 aliphatic rings. The monoisotopic (exact) mass is 419 g/mol. The van der Waals surface area contributed by atoms with Gasteiger partial charge >= 0.3 is 0 Å². The van der Waals surface area contributed by atoms with Crippen molar-refractivity contribution in [3.8, 4) is 5.75 Å². The van der Waals surface area contributed by atoms with E-state index < -0.39 is 0 Å². The van der Waals surface area contributed by atoms with Gasteiger partial charge in [-0.2, -0.15) is 0 Å². The molecule has 1 aromatic carbocycles. The van der Waals surface area contributed by atoms with Crippen LogP contribution in [0.4, 0.5) is 0 Å². The normalized spacial score (nSPS) is 25.8. The Labute approximate surface area is 187 Å². The Bertz CT molecular complexity index is 857. The second-order valence-corrected chi connectivity index (χ2v) is 9.44. The Balaban J connectivity index is 1.27. The quantitative estimate of drug-likeness (QED) is 0.522. The smallest absolute Gasteiger partial charge is 0.120 e. The number of benzene rings is 1. The van der Waals surface area contributed by atoms with Crippen molar-refractivity contribution >= 4 is 6.21 Å². The van der Waals surface area contributed by atoms with Crippen molar-refractivity contribution in [3.63, 3.8) is 0 Å². The number of hydrogen-bond donors (Lipinski definition) is 1. The van der Waals surface area contributed by atoms with Crippen LogP contribution in [0.25, 0.3) is 0 Å². The van der Waals surface area contributed by atoms with Gasteiger partial charge in [0, 0.05) is 11.9 Å². The van der Waals surface area contributed by atoms with Crippen molar-refractivity contribution in [1.29, 1.82) is 0 Å². The van der Waals surface area contributed by atoms with E-state index in [0.29, 0.717) is 6.10 Å². The van der Waals surface area contributed by atoms with Crippen molar-refractivity contribution in [1.82, 2.24) is 0 Å². The van der Waals surface area contributed by atoms with E-state index in [1.54, 1.807) is 0 Å². The molecular weight excluding hydrogens is 382 g/mol. The summed E-state index contributed by atoms with van der Waals surface area (Å²) in [7, 11) is 0. The van der Waals surface area contributed by atoms with Crippen molar-refractivity contribution < 1.29 is 9.84 Å². The Kier molecular flexibility index (Phi) is 7.83. The van der Waals surface area contributed by atoms with Gasteiger partial charge in [-0.3, -0.25) is 4.99 Å². The van der Waals surface area contributed by atoms with E-state index in [-0.39, 0.29) is 6.10 Å². The molecule has 0 unspecified atom stereocenters. The zero-order chi connectivity index (χ0) is 21.5. The fourth-order valence-corrected chi connectivity index (χ4v) is 5.16. The molecule has 2 saturated carbocycles. The lowest BCUT2D eigenvalue weighted by Gasteiger charge is -2.25. The summed E-state index contributed by atoms with van der Waals surface area (Å²) >= 11 is 0. The van der Waals surface area contributed by atoms with Crippen LogP contribution in [-0.4, -0.2) is 23.5 Å². The first-order valence-electron chi connectivity index (χ1n) is 12.3. The maximum absolute atomic E-state index is 9.67. The summed E-state index contributed by atoms with van der Waals surface area (Å²) in [6.07, 6.45) is 19.7. The average molecular weight is 420 g/mol. The number of fused-ring (bicyclic) bond motifs is 1. The summed E-state index contributed by atoms with van der Waals surface area (Å²) in [5.74, 6) is 1.78. The highest BCUT2D eigenvalue weighted by molar-refractivity contribution is 5.83. The molecule has 0 saturated heterocycles. The summed E-state index contributed by atoms with van der Waals surface area (Å²) in [4.78, 5) is 4.77. The Morgan fingerprint density at radius 3 is 2.71 bits per heavy atom. The minimum absolute atomic E-state index is 0.0524. The van der Waals surface area contributed by atoms with E-state index >= 15 is 0 Å². The molecule has 2 fully saturated rings. The van der Waals surface area contributed by atoms with Gasteiger partial charge in [0.1, 0.15) is 5.75 Å². The minimum atomic E-state index is -0.0524. The van der Waals surface area contributed by atoms with Crippen LogP contribution in [0.15, 0.2) is 52.3 Å². The molecule has 0 amide bonds.